The molecular weight excluding hydrogens is 392 g/mol. The van der Waals surface area contributed by atoms with Crippen molar-refractivity contribution in [2.24, 2.45) is 5.92 Å². The molecule has 166 valence electrons. The van der Waals surface area contributed by atoms with Crippen LogP contribution in [0.25, 0.3) is 10.1 Å². The molecule has 1 amide bonds. The lowest BCUT2D eigenvalue weighted by Gasteiger charge is -2.40. The summed E-state index contributed by atoms with van der Waals surface area (Å²) in [6, 6.07) is 4.84. The Morgan fingerprint density at radius 3 is 2.60 bits per heavy atom. The molecule has 0 N–H and O–H groups in total. The Balaban J connectivity index is 2.00. The predicted octanol–water partition coefficient (Wildman–Crippen LogP) is 6.28. The molecule has 2 heterocycles. The van der Waals surface area contributed by atoms with Crippen molar-refractivity contribution in [2.75, 3.05) is 27.2 Å². The Kier molecular flexibility index (Phi) is 7.13. The van der Waals surface area contributed by atoms with Crippen LogP contribution in [-0.2, 0) is 17.6 Å². The number of aryl methyl sites for hydroxylation is 1. The third kappa shape index (κ3) is 5.36. The van der Waals surface area contributed by atoms with E-state index in [1.807, 2.05) is 37.0 Å². The number of nitrogens with zero attached hydrogens (tertiary/aromatic N) is 2. The van der Waals surface area contributed by atoms with Crippen molar-refractivity contribution in [1.29, 1.82) is 0 Å². The number of hydrogen-bond acceptors (Lipinski definition) is 4. The number of thiophene rings is 1. The van der Waals surface area contributed by atoms with Gasteiger partial charge in [0.05, 0.1) is 6.04 Å². The molecule has 5 heteroatoms. The third-order valence-corrected chi connectivity index (χ3v) is 6.92. The highest BCUT2D eigenvalue weighted by Gasteiger charge is 2.35. The summed E-state index contributed by atoms with van der Waals surface area (Å²) in [6.07, 6.45) is 3.98. The van der Waals surface area contributed by atoms with Gasteiger partial charge in [-0.25, -0.2) is 4.79 Å². The number of carbonyl (C=O) groups excluding carboxylic acids is 1. The van der Waals surface area contributed by atoms with Crippen LogP contribution in [0, 0.1) is 5.92 Å². The Labute approximate surface area is 186 Å². The first kappa shape index (κ1) is 23.1. The van der Waals surface area contributed by atoms with Crippen molar-refractivity contribution in [1.82, 2.24) is 9.80 Å². The highest BCUT2D eigenvalue weighted by atomic mass is 32.1. The molecule has 0 bridgehead atoms. The second kappa shape index (κ2) is 9.27. The van der Waals surface area contributed by atoms with E-state index >= 15 is 0 Å². The van der Waals surface area contributed by atoms with Crippen LogP contribution in [0.5, 0.6) is 0 Å². The van der Waals surface area contributed by atoms with E-state index < -0.39 is 5.60 Å². The van der Waals surface area contributed by atoms with E-state index in [1.54, 1.807) is 0 Å². The predicted molar refractivity (Wildman–Crippen MR) is 128 cm³/mol. The van der Waals surface area contributed by atoms with Gasteiger partial charge >= 0.3 is 6.09 Å². The zero-order valence-corrected chi connectivity index (χ0v) is 20.6. The van der Waals surface area contributed by atoms with E-state index in [-0.39, 0.29) is 12.1 Å². The summed E-state index contributed by atoms with van der Waals surface area (Å²) < 4.78 is 7.15. The van der Waals surface area contributed by atoms with Crippen molar-refractivity contribution < 1.29 is 9.53 Å². The number of ether oxygens (including phenoxy) is 1. The van der Waals surface area contributed by atoms with E-state index in [0.29, 0.717) is 5.92 Å². The standard InChI is InChI=1S/C25H38N2O2S/c1-8-18-13-23-21(19(16-30-23)11-12-26(6)7)14-20(18)22-10-9-17(2)15-27(22)24(28)29-25(3,4)5/h13-14,16-17,22H,8-12,15H2,1-7H3. The van der Waals surface area contributed by atoms with Crippen molar-refractivity contribution in [2.45, 2.75) is 71.9 Å². The number of hydrogen-bond donors (Lipinski definition) is 0. The largest absolute Gasteiger partial charge is 0.444 e. The summed E-state index contributed by atoms with van der Waals surface area (Å²) in [7, 11) is 4.24. The highest BCUT2D eigenvalue weighted by molar-refractivity contribution is 7.17. The number of rotatable bonds is 5. The van der Waals surface area contributed by atoms with E-state index in [9.17, 15) is 4.79 Å². The SMILES string of the molecule is CCc1cc2scc(CCN(C)C)c2cc1C1CCC(C)CN1C(=O)OC(C)(C)C. The molecule has 0 spiro atoms. The second-order valence-corrected chi connectivity index (χ2v) is 11.0. The van der Waals surface area contributed by atoms with Crippen LogP contribution in [0.15, 0.2) is 17.5 Å². The number of likely N-dealkylation sites (tertiary alicyclic amines) is 1. The molecule has 1 fully saturated rings. The summed E-state index contributed by atoms with van der Waals surface area (Å²) in [6.45, 7) is 12.1. The molecule has 0 aliphatic carbocycles. The lowest BCUT2D eigenvalue weighted by Crippen LogP contribution is -2.44. The van der Waals surface area contributed by atoms with E-state index in [1.165, 1.54) is 26.8 Å². The Bertz CT molecular complexity index is 881. The summed E-state index contributed by atoms with van der Waals surface area (Å²) in [5.74, 6) is 0.499. The molecule has 0 saturated carbocycles. The van der Waals surface area contributed by atoms with Gasteiger partial charge < -0.3 is 14.5 Å². The van der Waals surface area contributed by atoms with Crippen LogP contribution < -0.4 is 0 Å². The first-order valence-corrected chi connectivity index (χ1v) is 12.1. The van der Waals surface area contributed by atoms with E-state index in [0.717, 1.165) is 38.8 Å². The maximum Gasteiger partial charge on any atom is 0.410 e. The fourth-order valence-electron chi connectivity index (χ4n) is 4.34. The highest BCUT2D eigenvalue weighted by Crippen LogP contribution is 2.39. The molecule has 30 heavy (non-hydrogen) atoms. The van der Waals surface area contributed by atoms with Gasteiger partial charge in [-0.2, -0.15) is 0 Å². The lowest BCUT2D eigenvalue weighted by atomic mass is 9.86. The number of piperidine rings is 1. The molecule has 0 radical (unpaired) electrons. The van der Waals surface area contributed by atoms with Gasteiger partial charge in [0.25, 0.3) is 0 Å². The minimum atomic E-state index is -0.480. The molecule has 2 atom stereocenters. The van der Waals surface area contributed by atoms with Gasteiger partial charge in [0.2, 0.25) is 0 Å². The minimum absolute atomic E-state index is 0.0944. The van der Waals surface area contributed by atoms with Crippen LogP contribution in [0.1, 0.15) is 70.2 Å². The number of benzene rings is 1. The van der Waals surface area contributed by atoms with Crippen molar-refractivity contribution in [3.63, 3.8) is 0 Å². The molecule has 1 aromatic heterocycles. The summed E-state index contributed by atoms with van der Waals surface area (Å²) >= 11 is 1.84. The molecule has 4 nitrogen and oxygen atoms in total. The van der Waals surface area contributed by atoms with Crippen molar-refractivity contribution in [3.8, 4) is 0 Å². The number of fused-ring (bicyclic) bond motifs is 1. The third-order valence-electron chi connectivity index (χ3n) is 5.93. The van der Waals surface area contributed by atoms with Gasteiger partial charge in [-0.1, -0.05) is 13.8 Å². The zero-order valence-electron chi connectivity index (χ0n) is 19.7. The summed E-state index contributed by atoms with van der Waals surface area (Å²) in [5, 5.41) is 3.67. The fraction of sp³-hybridized carbons (Fsp3) is 0.640. The van der Waals surface area contributed by atoms with Gasteiger partial charge in [-0.15, -0.1) is 11.3 Å². The Hall–Kier alpha value is -1.59. The number of carbonyl (C=O) groups is 1. The first-order chi connectivity index (χ1) is 14.1. The molecular formula is C25H38N2O2S. The molecule has 2 aromatic rings. The van der Waals surface area contributed by atoms with Crippen LogP contribution in [0.2, 0.25) is 0 Å². The molecule has 1 aromatic carbocycles. The first-order valence-electron chi connectivity index (χ1n) is 11.3. The molecule has 2 unspecified atom stereocenters. The van der Waals surface area contributed by atoms with Gasteiger partial charge in [0.1, 0.15) is 5.60 Å². The Morgan fingerprint density at radius 2 is 1.97 bits per heavy atom. The average Bonchev–Trinajstić information content (AvgIpc) is 3.05. The summed E-state index contributed by atoms with van der Waals surface area (Å²) in [5.41, 5.74) is 3.61. The molecule has 1 aliphatic rings. The Morgan fingerprint density at radius 1 is 1.23 bits per heavy atom. The quantitative estimate of drug-likeness (QED) is 0.560. The maximum absolute atomic E-state index is 13.1. The van der Waals surface area contributed by atoms with Crippen LogP contribution >= 0.6 is 11.3 Å². The minimum Gasteiger partial charge on any atom is -0.444 e. The van der Waals surface area contributed by atoms with Crippen molar-refractivity contribution >= 4 is 27.5 Å². The van der Waals surface area contributed by atoms with E-state index in [2.05, 4.69) is 50.4 Å². The molecule has 1 aliphatic heterocycles. The molecule has 1 saturated heterocycles. The zero-order chi connectivity index (χ0) is 22.1. The van der Waals surface area contributed by atoms with Crippen LogP contribution in [0.4, 0.5) is 4.79 Å². The van der Waals surface area contributed by atoms with Gasteiger partial charge in [0, 0.05) is 17.8 Å². The lowest BCUT2D eigenvalue weighted by molar-refractivity contribution is 0.00355. The van der Waals surface area contributed by atoms with Gasteiger partial charge in [-0.3, -0.25) is 0 Å². The topological polar surface area (TPSA) is 32.8 Å². The second-order valence-electron chi connectivity index (χ2n) is 10.0. The average molecular weight is 431 g/mol. The smallest absolute Gasteiger partial charge is 0.410 e. The number of amides is 1. The number of likely N-dealkylation sites (N-methyl/N-ethyl adjacent to an activating group) is 1. The van der Waals surface area contributed by atoms with E-state index in [4.69, 9.17) is 4.74 Å². The van der Waals surface area contributed by atoms with Gasteiger partial charge in [-0.05, 0) is 106 Å². The normalized spacial score (nSPS) is 20.2. The summed E-state index contributed by atoms with van der Waals surface area (Å²) in [4.78, 5) is 17.3. The monoisotopic (exact) mass is 430 g/mol. The van der Waals surface area contributed by atoms with Gasteiger partial charge in [0.15, 0.2) is 0 Å². The fourth-order valence-corrected chi connectivity index (χ4v) is 5.38. The molecule has 3 rings (SSSR count). The maximum atomic E-state index is 13.1. The van der Waals surface area contributed by atoms with Crippen molar-refractivity contribution in [3.05, 3.63) is 34.2 Å². The van der Waals surface area contributed by atoms with Crippen LogP contribution in [-0.4, -0.2) is 48.7 Å². The van der Waals surface area contributed by atoms with Crippen LogP contribution in [0.3, 0.4) is 0 Å².